The van der Waals surface area contributed by atoms with Crippen molar-refractivity contribution in [3.05, 3.63) is 28.8 Å². The first kappa shape index (κ1) is 11.3. The van der Waals surface area contributed by atoms with E-state index in [1.54, 1.807) is 6.07 Å². The Morgan fingerprint density at radius 3 is 2.73 bits per heavy atom. The van der Waals surface area contributed by atoms with Crippen LogP contribution >= 0.6 is 12.6 Å². The molecule has 1 aromatic rings. The topological polar surface area (TPSA) is 67.2 Å². The summed E-state index contributed by atoms with van der Waals surface area (Å²) in [7, 11) is 1.21. The number of carbonyl (C=O) groups excluding carboxylic acids is 2. The monoisotopic (exact) mass is 221 g/mol. The zero-order chi connectivity index (χ0) is 11.4. The van der Waals surface area contributed by atoms with E-state index in [4.69, 9.17) is 5.26 Å². The van der Waals surface area contributed by atoms with E-state index < -0.39 is 5.97 Å². The Kier molecular flexibility index (Phi) is 3.47. The maximum absolute atomic E-state index is 11.3. The number of benzene rings is 1. The van der Waals surface area contributed by atoms with E-state index in [0.29, 0.717) is 11.2 Å². The molecule has 0 saturated heterocycles. The number of rotatable bonds is 2. The molecule has 0 aromatic heterocycles. The van der Waals surface area contributed by atoms with E-state index in [1.807, 2.05) is 0 Å². The Bertz CT molecular complexity index is 462. The molecular formula is C10H7NO3S. The van der Waals surface area contributed by atoms with Gasteiger partial charge in [-0.3, -0.25) is 4.79 Å². The van der Waals surface area contributed by atoms with E-state index in [9.17, 15) is 9.59 Å². The molecule has 1 aromatic carbocycles. The van der Waals surface area contributed by atoms with E-state index in [1.165, 1.54) is 19.2 Å². The summed E-state index contributed by atoms with van der Waals surface area (Å²) in [5, 5.41) is 8.85. The highest BCUT2D eigenvalue weighted by molar-refractivity contribution is 7.80. The second-order valence-electron chi connectivity index (χ2n) is 2.64. The van der Waals surface area contributed by atoms with Gasteiger partial charge in [-0.1, -0.05) is 0 Å². The van der Waals surface area contributed by atoms with Crippen molar-refractivity contribution in [2.45, 2.75) is 4.90 Å². The van der Waals surface area contributed by atoms with E-state index in [2.05, 4.69) is 17.4 Å². The molecule has 0 unspecified atom stereocenters. The Hall–Kier alpha value is -1.80. The van der Waals surface area contributed by atoms with Gasteiger partial charge in [0.1, 0.15) is 6.07 Å². The molecule has 0 fully saturated rings. The molecule has 0 saturated carbocycles. The molecule has 0 atom stereocenters. The van der Waals surface area contributed by atoms with Gasteiger partial charge < -0.3 is 4.74 Å². The van der Waals surface area contributed by atoms with Crippen molar-refractivity contribution in [3.8, 4) is 6.07 Å². The normalized spacial score (nSPS) is 9.13. The van der Waals surface area contributed by atoms with Crippen molar-refractivity contribution in [2.24, 2.45) is 0 Å². The Morgan fingerprint density at radius 1 is 1.60 bits per heavy atom. The predicted molar refractivity (Wildman–Crippen MR) is 55.1 cm³/mol. The van der Waals surface area contributed by atoms with Crippen molar-refractivity contribution >= 4 is 24.9 Å². The average molecular weight is 221 g/mol. The summed E-state index contributed by atoms with van der Waals surface area (Å²) in [6.45, 7) is 0. The lowest BCUT2D eigenvalue weighted by molar-refractivity contribution is 0.0600. The third kappa shape index (κ3) is 2.00. The van der Waals surface area contributed by atoms with Crippen LogP contribution in [0.5, 0.6) is 0 Å². The van der Waals surface area contributed by atoms with Crippen LogP contribution in [-0.4, -0.2) is 19.4 Å². The number of aldehydes is 1. The van der Waals surface area contributed by atoms with Crippen molar-refractivity contribution in [2.75, 3.05) is 7.11 Å². The Balaban J connectivity index is 3.50. The zero-order valence-corrected chi connectivity index (χ0v) is 8.75. The summed E-state index contributed by atoms with van der Waals surface area (Å²) in [4.78, 5) is 22.3. The lowest BCUT2D eigenvalue weighted by Gasteiger charge is -2.05. The highest BCUT2D eigenvalue weighted by Crippen LogP contribution is 2.20. The van der Waals surface area contributed by atoms with Crippen LogP contribution in [0.1, 0.15) is 26.3 Å². The largest absolute Gasteiger partial charge is 0.465 e. The molecule has 1 rings (SSSR count). The maximum atomic E-state index is 11.3. The summed E-state index contributed by atoms with van der Waals surface area (Å²) in [6.07, 6.45) is 0.493. The first-order chi connectivity index (χ1) is 7.15. The molecule has 0 aliphatic rings. The van der Waals surface area contributed by atoms with Crippen LogP contribution in [0.4, 0.5) is 0 Å². The van der Waals surface area contributed by atoms with Crippen LogP contribution in [0, 0.1) is 11.3 Å². The molecule has 15 heavy (non-hydrogen) atoms. The predicted octanol–water partition coefficient (Wildman–Crippen LogP) is 1.45. The van der Waals surface area contributed by atoms with Crippen LogP contribution in [0.2, 0.25) is 0 Å². The first-order valence-electron chi connectivity index (χ1n) is 3.95. The zero-order valence-electron chi connectivity index (χ0n) is 7.85. The summed E-state index contributed by atoms with van der Waals surface area (Å²) in [6, 6.07) is 4.66. The minimum absolute atomic E-state index is 0.00986. The molecule has 76 valence electrons. The molecule has 0 N–H and O–H groups in total. The molecule has 0 amide bonds. The second kappa shape index (κ2) is 4.62. The molecule has 0 aliphatic carbocycles. The van der Waals surface area contributed by atoms with Gasteiger partial charge in [0.25, 0.3) is 0 Å². The van der Waals surface area contributed by atoms with E-state index in [0.717, 1.165) is 0 Å². The number of ether oxygens (including phenoxy) is 1. The van der Waals surface area contributed by atoms with Crippen LogP contribution in [0.15, 0.2) is 17.0 Å². The summed E-state index contributed by atoms with van der Waals surface area (Å²) < 4.78 is 4.49. The lowest BCUT2D eigenvalue weighted by atomic mass is 10.0. The number of thiol groups is 1. The molecule has 0 heterocycles. The number of carbonyl (C=O) groups is 2. The average Bonchev–Trinajstić information content (AvgIpc) is 2.27. The van der Waals surface area contributed by atoms with Crippen molar-refractivity contribution in [1.29, 1.82) is 5.26 Å². The van der Waals surface area contributed by atoms with Crippen LogP contribution in [0.3, 0.4) is 0 Å². The smallest absolute Gasteiger partial charge is 0.339 e. The first-order valence-corrected chi connectivity index (χ1v) is 4.40. The minimum atomic E-state index is -0.650. The van der Waals surface area contributed by atoms with Gasteiger partial charge in [-0.25, -0.2) is 4.79 Å². The Morgan fingerprint density at radius 2 is 2.27 bits per heavy atom. The fourth-order valence-electron chi connectivity index (χ4n) is 1.13. The molecule has 0 radical (unpaired) electrons. The van der Waals surface area contributed by atoms with Crippen LogP contribution < -0.4 is 0 Å². The van der Waals surface area contributed by atoms with Gasteiger partial charge >= 0.3 is 5.97 Å². The van der Waals surface area contributed by atoms with Gasteiger partial charge in [0, 0.05) is 10.5 Å². The van der Waals surface area contributed by atoms with Crippen LogP contribution in [-0.2, 0) is 4.74 Å². The van der Waals surface area contributed by atoms with Gasteiger partial charge in [-0.2, -0.15) is 5.26 Å². The lowest BCUT2D eigenvalue weighted by Crippen LogP contribution is -2.06. The molecule has 4 nitrogen and oxygen atoms in total. The standard InChI is InChI=1S/C10H7NO3S/c1-14-10(13)6-2-3-9(15)8(5-12)7(6)4-11/h2-3,5,15H,1H3. The van der Waals surface area contributed by atoms with Gasteiger partial charge in [0.15, 0.2) is 6.29 Å². The summed E-state index contributed by atoms with van der Waals surface area (Å²) in [5.41, 5.74) is 0.160. The number of hydrogen-bond donors (Lipinski definition) is 1. The minimum Gasteiger partial charge on any atom is -0.465 e. The number of nitrogens with zero attached hydrogens (tertiary/aromatic N) is 1. The highest BCUT2D eigenvalue weighted by atomic mass is 32.1. The van der Waals surface area contributed by atoms with Crippen LogP contribution in [0.25, 0.3) is 0 Å². The number of esters is 1. The SMILES string of the molecule is COC(=O)c1ccc(S)c(C=O)c1C#N. The van der Waals surface area contributed by atoms with Gasteiger partial charge in [-0.15, -0.1) is 12.6 Å². The molecule has 0 bridgehead atoms. The van der Waals surface area contributed by atoms with Crippen molar-refractivity contribution < 1.29 is 14.3 Å². The number of methoxy groups -OCH3 is 1. The van der Waals surface area contributed by atoms with E-state index in [-0.39, 0.29) is 16.7 Å². The van der Waals surface area contributed by atoms with Gasteiger partial charge in [0.2, 0.25) is 0 Å². The quantitative estimate of drug-likeness (QED) is 0.466. The Labute approximate surface area is 91.9 Å². The maximum Gasteiger partial charge on any atom is 0.339 e. The van der Waals surface area contributed by atoms with E-state index >= 15 is 0 Å². The van der Waals surface area contributed by atoms with Crippen molar-refractivity contribution in [1.82, 2.24) is 0 Å². The van der Waals surface area contributed by atoms with Crippen molar-refractivity contribution in [3.63, 3.8) is 0 Å². The third-order valence-corrected chi connectivity index (χ3v) is 2.25. The second-order valence-corrected chi connectivity index (χ2v) is 3.12. The molecule has 0 spiro atoms. The fraction of sp³-hybridized carbons (Fsp3) is 0.100. The molecule has 5 heteroatoms. The van der Waals surface area contributed by atoms with Gasteiger partial charge in [0.05, 0.1) is 18.2 Å². The number of hydrogen-bond acceptors (Lipinski definition) is 5. The fourth-order valence-corrected chi connectivity index (χ4v) is 1.37. The summed E-state index contributed by atoms with van der Waals surface area (Å²) >= 11 is 4.01. The molecule has 0 aliphatic heterocycles. The molecular weight excluding hydrogens is 214 g/mol. The third-order valence-electron chi connectivity index (χ3n) is 1.86. The number of nitriles is 1. The highest BCUT2D eigenvalue weighted by Gasteiger charge is 2.16. The summed E-state index contributed by atoms with van der Waals surface area (Å²) in [5.74, 6) is -0.650. The van der Waals surface area contributed by atoms with Gasteiger partial charge in [-0.05, 0) is 12.1 Å².